The van der Waals surface area contributed by atoms with Gasteiger partial charge in [0.05, 0.1) is 27.1 Å². The molecule has 1 aromatic carbocycles. The van der Waals surface area contributed by atoms with Crippen molar-refractivity contribution in [3.05, 3.63) is 23.8 Å². The van der Waals surface area contributed by atoms with Gasteiger partial charge in [-0.2, -0.15) is 13.2 Å². The first-order chi connectivity index (χ1) is 10.7. The molecule has 0 aliphatic heterocycles. The first kappa shape index (κ1) is 18.6. The summed E-state index contributed by atoms with van der Waals surface area (Å²) in [5, 5.41) is 10.6. The third-order valence-corrected chi connectivity index (χ3v) is 2.91. The molecule has 1 unspecified atom stereocenters. The third kappa shape index (κ3) is 6.05. The van der Waals surface area contributed by atoms with E-state index in [9.17, 15) is 22.8 Å². The molecule has 2 N–H and O–H groups in total. The van der Waals surface area contributed by atoms with Gasteiger partial charge >= 0.3 is 12.1 Å². The third-order valence-electron chi connectivity index (χ3n) is 2.91. The van der Waals surface area contributed by atoms with Gasteiger partial charge in [-0.25, -0.2) is 4.79 Å². The molecule has 9 heteroatoms. The second-order valence-corrected chi connectivity index (χ2v) is 4.63. The van der Waals surface area contributed by atoms with Crippen LogP contribution in [0.25, 0.3) is 0 Å². The highest BCUT2D eigenvalue weighted by Crippen LogP contribution is 2.25. The maximum absolute atomic E-state index is 12.3. The van der Waals surface area contributed by atoms with E-state index in [4.69, 9.17) is 14.6 Å². The van der Waals surface area contributed by atoms with Gasteiger partial charge in [0, 0.05) is 5.56 Å². The van der Waals surface area contributed by atoms with Gasteiger partial charge in [0.25, 0.3) is 0 Å². The summed E-state index contributed by atoms with van der Waals surface area (Å²) >= 11 is 0. The number of ether oxygens (including phenoxy) is 2. The van der Waals surface area contributed by atoms with E-state index in [2.05, 4.69) is 0 Å². The molecule has 0 saturated carbocycles. The maximum atomic E-state index is 12.3. The van der Waals surface area contributed by atoms with Crippen LogP contribution in [0.15, 0.2) is 18.2 Å². The maximum Gasteiger partial charge on any atom is 0.391 e. The number of carbonyl (C=O) groups is 2. The van der Waals surface area contributed by atoms with Crippen LogP contribution in [0.2, 0.25) is 0 Å². The van der Waals surface area contributed by atoms with Gasteiger partial charge in [-0.05, 0) is 18.2 Å². The number of hydrogen-bond acceptors (Lipinski definition) is 4. The van der Waals surface area contributed by atoms with Gasteiger partial charge in [0.2, 0.25) is 5.91 Å². The fourth-order valence-corrected chi connectivity index (χ4v) is 1.87. The van der Waals surface area contributed by atoms with Gasteiger partial charge in [0.1, 0.15) is 17.5 Å². The Bertz CT molecular complexity index is 574. The molecule has 128 valence electrons. The number of hydrogen-bond donors (Lipinski definition) is 2. The Hall–Kier alpha value is -2.45. The minimum Gasteiger partial charge on any atom is -0.497 e. The number of carbonyl (C=O) groups excluding carboxylic acids is 1. The Morgan fingerprint density at radius 3 is 2.39 bits per heavy atom. The SMILES string of the molecule is COc1ccc(OC)c(CC(=O)NC(CC(F)(F)F)C(=O)O)c1. The van der Waals surface area contributed by atoms with Gasteiger partial charge in [-0.3, -0.25) is 4.79 Å². The molecule has 0 saturated heterocycles. The molecule has 0 fully saturated rings. The van der Waals surface area contributed by atoms with Crippen molar-refractivity contribution in [2.24, 2.45) is 0 Å². The Morgan fingerprint density at radius 2 is 1.91 bits per heavy atom. The van der Waals surface area contributed by atoms with Crippen LogP contribution in [0, 0.1) is 0 Å². The topological polar surface area (TPSA) is 84.9 Å². The summed E-state index contributed by atoms with van der Waals surface area (Å²) in [6, 6.07) is 2.56. The van der Waals surface area contributed by atoms with Gasteiger partial charge < -0.3 is 19.9 Å². The predicted molar refractivity (Wildman–Crippen MR) is 73.5 cm³/mol. The number of alkyl halides is 3. The molecule has 0 aliphatic rings. The van der Waals surface area contributed by atoms with Crippen molar-refractivity contribution in [3.8, 4) is 11.5 Å². The highest BCUT2D eigenvalue weighted by atomic mass is 19.4. The summed E-state index contributed by atoms with van der Waals surface area (Å²) < 4.78 is 47.0. The fourth-order valence-electron chi connectivity index (χ4n) is 1.87. The lowest BCUT2D eigenvalue weighted by Gasteiger charge is -2.17. The van der Waals surface area contributed by atoms with E-state index in [1.54, 1.807) is 6.07 Å². The average molecular weight is 335 g/mol. The minimum absolute atomic E-state index is 0.337. The number of carboxylic acid groups (broad SMARTS) is 1. The van der Waals surface area contributed by atoms with Crippen LogP contribution in [-0.4, -0.2) is 43.4 Å². The van der Waals surface area contributed by atoms with Crippen LogP contribution in [0.1, 0.15) is 12.0 Å². The predicted octanol–water partition coefficient (Wildman–Crippen LogP) is 1.77. The van der Waals surface area contributed by atoms with Crippen LogP contribution in [-0.2, 0) is 16.0 Å². The molecule has 0 heterocycles. The van der Waals surface area contributed by atoms with E-state index in [0.29, 0.717) is 17.1 Å². The molecule has 23 heavy (non-hydrogen) atoms. The second kappa shape index (κ2) is 7.70. The number of methoxy groups -OCH3 is 2. The smallest absolute Gasteiger partial charge is 0.391 e. The molecule has 6 nitrogen and oxygen atoms in total. The van der Waals surface area contributed by atoms with Crippen LogP contribution < -0.4 is 14.8 Å². The summed E-state index contributed by atoms with van der Waals surface area (Å²) in [4.78, 5) is 22.7. The molecule has 0 spiro atoms. The summed E-state index contributed by atoms with van der Waals surface area (Å²) in [7, 11) is 2.78. The first-order valence-corrected chi connectivity index (χ1v) is 6.46. The van der Waals surface area contributed by atoms with E-state index in [-0.39, 0.29) is 6.42 Å². The zero-order valence-electron chi connectivity index (χ0n) is 12.4. The van der Waals surface area contributed by atoms with Crippen LogP contribution in [0.5, 0.6) is 11.5 Å². The monoisotopic (exact) mass is 335 g/mol. The number of carboxylic acids is 1. The molecule has 0 aromatic heterocycles. The molecule has 0 aliphatic carbocycles. The van der Waals surface area contributed by atoms with Gasteiger partial charge in [-0.15, -0.1) is 0 Å². The van der Waals surface area contributed by atoms with Gasteiger partial charge in [-0.1, -0.05) is 0 Å². The number of amides is 1. The van der Waals surface area contributed by atoms with E-state index in [0.717, 1.165) is 0 Å². The number of halogens is 3. The second-order valence-electron chi connectivity index (χ2n) is 4.63. The Labute approximate surface area is 130 Å². The molecular weight excluding hydrogens is 319 g/mol. The van der Waals surface area contributed by atoms with E-state index >= 15 is 0 Å². The Balaban J connectivity index is 2.84. The van der Waals surface area contributed by atoms with Crippen molar-refractivity contribution in [2.45, 2.75) is 25.1 Å². The lowest BCUT2D eigenvalue weighted by molar-refractivity contribution is -0.159. The first-order valence-electron chi connectivity index (χ1n) is 6.46. The van der Waals surface area contributed by atoms with Crippen molar-refractivity contribution in [3.63, 3.8) is 0 Å². The van der Waals surface area contributed by atoms with Gasteiger partial charge in [0.15, 0.2) is 0 Å². The summed E-state index contributed by atoms with van der Waals surface area (Å²) in [5.74, 6) is -1.86. The highest BCUT2D eigenvalue weighted by Gasteiger charge is 2.36. The van der Waals surface area contributed by atoms with Crippen LogP contribution in [0.4, 0.5) is 13.2 Å². The molecular formula is C14H16F3NO5. The van der Waals surface area contributed by atoms with Crippen LogP contribution in [0.3, 0.4) is 0 Å². The minimum atomic E-state index is -4.70. The number of benzene rings is 1. The molecule has 1 amide bonds. The van der Waals surface area contributed by atoms with Crippen molar-refractivity contribution in [2.75, 3.05) is 14.2 Å². The standard InChI is InChI=1S/C14H16F3NO5/c1-22-9-3-4-11(23-2)8(5-9)6-12(19)18-10(13(20)21)7-14(15,16)17/h3-5,10H,6-7H2,1-2H3,(H,18,19)(H,20,21). The Morgan fingerprint density at radius 1 is 1.26 bits per heavy atom. The molecule has 0 bridgehead atoms. The number of aliphatic carboxylic acids is 1. The largest absolute Gasteiger partial charge is 0.497 e. The van der Waals surface area contributed by atoms with E-state index in [1.807, 2.05) is 5.32 Å². The van der Waals surface area contributed by atoms with E-state index < -0.39 is 30.5 Å². The van der Waals surface area contributed by atoms with Crippen molar-refractivity contribution in [1.29, 1.82) is 0 Å². The van der Waals surface area contributed by atoms with Crippen molar-refractivity contribution >= 4 is 11.9 Å². The summed E-state index contributed by atoms with van der Waals surface area (Å²) in [6.07, 6.45) is -6.70. The number of nitrogens with one attached hydrogen (secondary N) is 1. The average Bonchev–Trinajstić information content (AvgIpc) is 2.44. The molecule has 1 atom stereocenters. The van der Waals surface area contributed by atoms with Crippen LogP contribution >= 0.6 is 0 Å². The van der Waals surface area contributed by atoms with E-state index in [1.165, 1.54) is 26.4 Å². The Kier molecular flexibility index (Phi) is 6.23. The zero-order chi connectivity index (χ0) is 17.6. The molecule has 1 rings (SSSR count). The fraction of sp³-hybridized carbons (Fsp3) is 0.429. The zero-order valence-corrected chi connectivity index (χ0v) is 12.4. The normalized spacial score (nSPS) is 12.4. The lowest BCUT2D eigenvalue weighted by Crippen LogP contribution is -2.44. The molecule has 1 aromatic rings. The summed E-state index contributed by atoms with van der Waals surface area (Å²) in [6.45, 7) is 0. The lowest BCUT2D eigenvalue weighted by atomic mass is 10.1. The quantitative estimate of drug-likeness (QED) is 0.793. The summed E-state index contributed by atoms with van der Waals surface area (Å²) in [5.41, 5.74) is 0.362. The van der Waals surface area contributed by atoms with Crippen molar-refractivity contribution < 1.29 is 37.3 Å². The molecule has 0 radical (unpaired) electrons. The van der Waals surface area contributed by atoms with Crippen molar-refractivity contribution in [1.82, 2.24) is 5.32 Å². The number of rotatable bonds is 7. The highest BCUT2D eigenvalue weighted by molar-refractivity contribution is 5.85.